The van der Waals surface area contributed by atoms with E-state index in [1.54, 1.807) is 0 Å². The fourth-order valence-electron chi connectivity index (χ4n) is 5.73. The number of aliphatic imine (C=N–C) groups is 1. The molecule has 0 radical (unpaired) electrons. The Morgan fingerprint density at radius 3 is 2.20 bits per heavy atom. The van der Waals surface area contributed by atoms with Gasteiger partial charge >= 0.3 is 0 Å². The molecule has 1 aliphatic carbocycles. The van der Waals surface area contributed by atoms with Crippen molar-refractivity contribution in [2.75, 3.05) is 4.90 Å². The molecule has 35 heavy (non-hydrogen) atoms. The van der Waals surface area contributed by atoms with Gasteiger partial charge in [0.2, 0.25) is 0 Å². The Kier molecular flexibility index (Phi) is 4.78. The van der Waals surface area contributed by atoms with Gasteiger partial charge in [0, 0.05) is 17.2 Å². The van der Waals surface area contributed by atoms with E-state index in [-0.39, 0.29) is 24.4 Å². The topological polar surface area (TPSA) is 39.7 Å². The summed E-state index contributed by atoms with van der Waals surface area (Å²) in [7, 11) is 0. The van der Waals surface area contributed by atoms with Crippen molar-refractivity contribution in [3.05, 3.63) is 143 Å². The molecule has 2 heterocycles. The van der Waals surface area contributed by atoms with Crippen molar-refractivity contribution in [1.82, 2.24) is 10.6 Å². The average Bonchev–Trinajstić information content (AvgIpc) is 3.29. The summed E-state index contributed by atoms with van der Waals surface area (Å²) < 4.78 is 0. The van der Waals surface area contributed by atoms with Gasteiger partial charge < -0.3 is 10.2 Å². The Labute approximate surface area is 205 Å². The second-order valence-corrected chi connectivity index (χ2v) is 9.29. The van der Waals surface area contributed by atoms with Gasteiger partial charge in [0.15, 0.2) is 6.29 Å². The number of nitrogens with one attached hydrogen (secondary N) is 2. The van der Waals surface area contributed by atoms with Gasteiger partial charge in [0.25, 0.3) is 0 Å². The monoisotopic (exact) mass is 454 g/mol. The molecule has 4 atom stereocenters. The summed E-state index contributed by atoms with van der Waals surface area (Å²) in [5.74, 6) is 1.19. The quantitative estimate of drug-likeness (QED) is 0.420. The first kappa shape index (κ1) is 20.2. The number of rotatable bonds is 3. The van der Waals surface area contributed by atoms with Crippen LogP contribution in [0.25, 0.3) is 6.08 Å². The minimum Gasteiger partial charge on any atom is -0.350 e. The van der Waals surface area contributed by atoms with Gasteiger partial charge in [-0.3, -0.25) is 5.32 Å². The zero-order valence-corrected chi connectivity index (χ0v) is 19.3. The molecule has 0 saturated heterocycles. The molecule has 2 aliphatic heterocycles. The van der Waals surface area contributed by atoms with E-state index in [1.807, 2.05) is 6.07 Å². The first-order chi connectivity index (χ1) is 17.4. The van der Waals surface area contributed by atoms with Crippen molar-refractivity contribution in [3.8, 4) is 0 Å². The van der Waals surface area contributed by atoms with E-state index in [2.05, 4.69) is 131 Å². The second-order valence-electron chi connectivity index (χ2n) is 9.29. The largest absolute Gasteiger partial charge is 0.350 e. The number of fused-ring (bicyclic) bond motifs is 5. The number of amidine groups is 1. The lowest BCUT2D eigenvalue weighted by atomic mass is 9.81. The highest BCUT2D eigenvalue weighted by molar-refractivity contribution is 5.99. The highest BCUT2D eigenvalue weighted by Crippen LogP contribution is 2.49. The van der Waals surface area contributed by atoms with Gasteiger partial charge in [-0.05, 0) is 28.3 Å². The Morgan fingerprint density at radius 2 is 1.37 bits per heavy atom. The molecule has 4 aromatic carbocycles. The van der Waals surface area contributed by atoms with Gasteiger partial charge in [-0.15, -0.1) is 0 Å². The van der Waals surface area contributed by atoms with E-state index < -0.39 is 0 Å². The van der Waals surface area contributed by atoms with Crippen LogP contribution in [-0.2, 0) is 0 Å². The van der Waals surface area contributed by atoms with E-state index in [0.29, 0.717) is 0 Å². The fraction of sp³-hybridized carbons (Fsp3) is 0.129. The summed E-state index contributed by atoms with van der Waals surface area (Å²) in [5.41, 5.74) is 7.58. The van der Waals surface area contributed by atoms with E-state index in [9.17, 15) is 0 Å². The first-order valence-corrected chi connectivity index (χ1v) is 12.2. The van der Waals surface area contributed by atoms with Gasteiger partial charge in [-0.1, -0.05) is 115 Å². The maximum atomic E-state index is 5.24. The van der Waals surface area contributed by atoms with Crippen molar-refractivity contribution in [2.24, 2.45) is 4.99 Å². The van der Waals surface area contributed by atoms with Crippen molar-refractivity contribution in [1.29, 1.82) is 0 Å². The third kappa shape index (κ3) is 3.37. The number of anilines is 1. The second kappa shape index (κ2) is 8.26. The maximum absolute atomic E-state index is 5.24. The summed E-state index contributed by atoms with van der Waals surface area (Å²) in [6, 6.07) is 38.7. The van der Waals surface area contributed by atoms with Gasteiger partial charge in [0.05, 0.1) is 6.04 Å². The number of hydrogen-bond donors (Lipinski definition) is 2. The number of benzene rings is 4. The lowest BCUT2D eigenvalue weighted by Crippen LogP contribution is -2.57. The number of nitrogens with zero attached hydrogens (tertiary/aromatic N) is 2. The van der Waals surface area contributed by atoms with E-state index >= 15 is 0 Å². The fourth-order valence-corrected chi connectivity index (χ4v) is 5.73. The molecule has 3 aliphatic rings. The van der Waals surface area contributed by atoms with Crippen LogP contribution in [0.1, 0.15) is 39.9 Å². The molecule has 0 fully saturated rings. The third-order valence-electron chi connectivity index (χ3n) is 7.31. The molecule has 0 spiro atoms. The van der Waals surface area contributed by atoms with Crippen molar-refractivity contribution >= 4 is 17.6 Å². The van der Waals surface area contributed by atoms with Crippen LogP contribution in [0.15, 0.2) is 120 Å². The third-order valence-corrected chi connectivity index (χ3v) is 7.31. The van der Waals surface area contributed by atoms with Crippen LogP contribution in [0.3, 0.4) is 0 Å². The smallest absolute Gasteiger partial charge is 0.180 e. The SMILES string of the molecule is C1=CC2C(c3ccccc31)c1ccccc1N2C1N=C(c2ccccc2)NC(c2ccccc2)N1. The molecule has 4 unspecified atom stereocenters. The first-order valence-electron chi connectivity index (χ1n) is 12.2. The van der Waals surface area contributed by atoms with Crippen LogP contribution in [-0.4, -0.2) is 18.2 Å². The van der Waals surface area contributed by atoms with Gasteiger partial charge in [-0.2, -0.15) is 0 Å². The molecule has 0 amide bonds. The number of hydrogen-bond acceptors (Lipinski definition) is 4. The minimum atomic E-state index is -0.220. The van der Waals surface area contributed by atoms with Gasteiger partial charge in [0.1, 0.15) is 12.0 Å². The lowest BCUT2D eigenvalue weighted by molar-refractivity contribution is 0.376. The number of para-hydroxylation sites is 1. The predicted molar refractivity (Wildman–Crippen MR) is 142 cm³/mol. The molecule has 0 saturated carbocycles. The van der Waals surface area contributed by atoms with Crippen molar-refractivity contribution < 1.29 is 0 Å². The van der Waals surface area contributed by atoms with Crippen molar-refractivity contribution in [3.63, 3.8) is 0 Å². The Morgan fingerprint density at radius 1 is 0.686 bits per heavy atom. The molecule has 4 heteroatoms. The molecule has 0 aromatic heterocycles. The molecular weight excluding hydrogens is 428 g/mol. The standard InChI is InChI=1S/C31H26N4/c1-3-12-22(13-4-1)29-32-30(23-14-5-2-6-15-23)34-31(33-29)35-26-18-10-9-17-25(26)28-24-16-8-7-11-21(24)19-20-27(28)35/h1-20,27-29,31,33H,(H,32,34). The van der Waals surface area contributed by atoms with Crippen LogP contribution >= 0.6 is 0 Å². The Bertz CT molecular complexity index is 1430. The Balaban J connectivity index is 1.36. The summed E-state index contributed by atoms with van der Waals surface area (Å²) in [4.78, 5) is 7.71. The molecular formula is C31H26N4. The van der Waals surface area contributed by atoms with E-state index in [4.69, 9.17) is 4.99 Å². The molecule has 7 rings (SSSR count). The highest BCUT2D eigenvalue weighted by Gasteiger charge is 2.44. The Hall–Kier alpha value is -4.15. The van der Waals surface area contributed by atoms with E-state index in [1.165, 1.54) is 27.9 Å². The van der Waals surface area contributed by atoms with Crippen LogP contribution < -0.4 is 15.5 Å². The van der Waals surface area contributed by atoms with E-state index in [0.717, 1.165) is 11.4 Å². The molecule has 2 N–H and O–H groups in total. The van der Waals surface area contributed by atoms with Crippen LogP contribution in [0.4, 0.5) is 5.69 Å². The summed E-state index contributed by atoms with van der Waals surface area (Å²) in [6.45, 7) is 0. The summed E-state index contributed by atoms with van der Waals surface area (Å²) >= 11 is 0. The minimum absolute atomic E-state index is 0.0556. The highest BCUT2D eigenvalue weighted by atomic mass is 15.4. The van der Waals surface area contributed by atoms with Crippen LogP contribution in [0.2, 0.25) is 0 Å². The van der Waals surface area contributed by atoms with Gasteiger partial charge in [-0.25, -0.2) is 4.99 Å². The predicted octanol–water partition coefficient (Wildman–Crippen LogP) is 5.66. The molecule has 0 bridgehead atoms. The molecule has 4 nitrogen and oxygen atoms in total. The molecule has 170 valence electrons. The lowest BCUT2D eigenvalue weighted by Gasteiger charge is -2.40. The maximum Gasteiger partial charge on any atom is 0.180 e. The summed E-state index contributed by atoms with van der Waals surface area (Å²) in [6.07, 6.45) is 4.35. The zero-order valence-electron chi connectivity index (χ0n) is 19.3. The zero-order chi connectivity index (χ0) is 23.2. The normalized spacial score (nSPS) is 24.1. The van der Waals surface area contributed by atoms with Crippen molar-refractivity contribution in [2.45, 2.75) is 24.4 Å². The molecule has 4 aromatic rings. The van der Waals surface area contributed by atoms with Crippen LogP contribution in [0, 0.1) is 0 Å². The van der Waals surface area contributed by atoms with Crippen LogP contribution in [0.5, 0.6) is 0 Å². The average molecular weight is 455 g/mol. The summed E-state index contributed by atoms with van der Waals surface area (Å²) in [5, 5.41) is 7.45.